The second kappa shape index (κ2) is 7.74. The van der Waals surface area contributed by atoms with E-state index in [1.165, 1.54) is 12.1 Å². The van der Waals surface area contributed by atoms with Crippen LogP contribution < -0.4 is 10.1 Å². The van der Waals surface area contributed by atoms with Crippen molar-refractivity contribution in [3.63, 3.8) is 0 Å². The largest absolute Gasteiger partial charge is 0.435 e. The minimum Gasteiger partial charge on any atom is -0.435 e. The number of nitrogens with zero attached hydrogens (tertiary/aromatic N) is 1. The number of amides is 1. The van der Waals surface area contributed by atoms with Crippen molar-refractivity contribution < 1.29 is 18.3 Å². The van der Waals surface area contributed by atoms with Gasteiger partial charge in [-0.2, -0.15) is 13.9 Å². The van der Waals surface area contributed by atoms with Crippen molar-refractivity contribution >= 4 is 21.8 Å². The maximum Gasteiger partial charge on any atom is 0.387 e. The van der Waals surface area contributed by atoms with E-state index in [4.69, 9.17) is 0 Å². The van der Waals surface area contributed by atoms with E-state index in [0.29, 0.717) is 10.0 Å². The van der Waals surface area contributed by atoms with Crippen LogP contribution in [-0.2, 0) is 0 Å². The normalized spacial score (nSPS) is 12.5. The number of halogens is 3. The smallest absolute Gasteiger partial charge is 0.387 e. The molecule has 0 aliphatic carbocycles. The van der Waals surface area contributed by atoms with E-state index in [1.54, 1.807) is 19.1 Å². The summed E-state index contributed by atoms with van der Waals surface area (Å²) >= 11 is 3.38. The Bertz CT molecular complexity index is 719. The van der Waals surface area contributed by atoms with Crippen molar-refractivity contribution in [2.24, 2.45) is 0 Å². The zero-order valence-electron chi connectivity index (χ0n) is 13.4. The lowest BCUT2D eigenvalue weighted by molar-refractivity contribution is -0.0499. The SMILES string of the molecule is CC(C)c1[nH]nc(C(=O)NC(C)c2cccc(OC(F)F)c2)c1Br. The highest BCUT2D eigenvalue weighted by atomic mass is 79.9. The number of carbonyl (C=O) groups is 1. The Morgan fingerprint density at radius 3 is 2.62 bits per heavy atom. The third kappa shape index (κ3) is 4.31. The van der Waals surface area contributed by atoms with E-state index in [-0.39, 0.29) is 23.3 Å². The molecule has 0 aliphatic rings. The number of benzene rings is 1. The Morgan fingerprint density at radius 1 is 1.33 bits per heavy atom. The van der Waals surface area contributed by atoms with E-state index < -0.39 is 12.7 Å². The van der Waals surface area contributed by atoms with Gasteiger partial charge in [-0.05, 0) is 46.5 Å². The van der Waals surface area contributed by atoms with Crippen LogP contribution in [0.5, 0.6) is 5.75 Å². The molecule has 2 N–H and O–H groups in total. The first-order valence-corrected chi connectivity index (χ1v) is 8.18. The second-order valence-corrected chi connectivity index (χ2v) is 6.39. The Kier molecular flexibility index (Phi) is 5.93. The molecule has 1 heterocycles. The molecule has 24 heavy (non-hydrogen) atoms. The van der Waals surface area contributed by atoms with Crippen LogP contribution in [-0.4, -0.2) is 22.7 Å². The molecule has 0 saturated heterocycles. The molecule has 0 spiro atoms. The summed E-state index contributed by atoms with van der Waals surface area (Å²) in [5.41, 5.74) is 1.74. The van der Waals surface area contributed by atoms with Gasteiger partial charge in [-0.15, -0.1) is 0 Å². The number of alkyl halides is 2. The topological polar surface area (TPSA) is 67.0 Å². The molecule has 1 aromatic heterocycles. The van der Waals surface area contributed by atoms with Crippen LogP contribution in [0.25, 0.3) is 0 Å². The van der Waals surface area contributed by atoms with Gasteiger partial charge in [-0.3, -0.25) is 9.89 Å². The number of hydrogen-bond acceptors (Lipinski definition) is 3. The van der Waals surface area contributed by atoms with Gasteiger partial charge in [0, 0.05) is 0 Å². The van der Waals surface area contributed by atoms with E-state index in [1.807, 2.05) is 13.8 Å². The minimum absolute atomic E-state index is 0.0478. The third-order valence-electron chi connectivity index (χ3n) is 3.46. The van der Waals surface area contributed by atoms with Crippen LogP contribution in [0.2, 0.25) is 0 Å². The third-order valence-corrected chi connectivity index (χ3v) is 4.26. The molecule has 1 atom stereocenters. The Morgan fingerprint density at radius 2 is 2.04 bits per heavy atom. The molecule has 2 aromatic rings. The molecule has 130 valence electrons. The first-order valence-electron chi connectivity index (χ1n) is 7.39. The van der Waals surface area contributed by atoms with Crippen molar-refractivity contribution in [1.29, 1.82) is 0 Å². The molecule has 1 amide bonds. The number of H-pyrrole nitrogens is 1. The van der Waals surface area contributed by atoms with Crippen LogP contribution in [0.4, 0.5) is 8.78 Å². The predicted molar refractivity (Wildman–Crippen MR) is 89.3 cm³/mol. The molecule has 5 nitrogen and oxygen atoms in total. The lowest BCUT2D eigenvalue weighted by Crippen LogP contribution is -2.27. The van der Waals surface area contributed by atoms with Crippen molar-refractivity contribution in [2.45, 2.75) is 39.3 Å². The average Bonchev–Trinajstić information content (AvgIpc) is 2.88. The van der Waals surface area contributed by atoms with E-state index in [0.717, 1.165) is 5.69 Å². The lowest BCUT2D eigenvalue weighted by Gasteiger charge is -2.15. The second-order valence-electron chi connectivity index (χ2n) is 5.60. The van der Waals surface area contributed by atoms with Gasteiger partial charge in [-0.25, -0.2) is 0 Å². The molecule has 1 aromatic carbocycles. The van der Waals surface area contributed by atoms with Gasteiger partial charge in [0.1, 0.15) is 5.75 Å². The molecule has 0 radical (unpaired) electrons. The summed E-state index contributed by atoms with van der Waals surface area (Å²) in [6.45, 7) is 2.83. The fourth-order valence-electron chi connectivity index (χ4n) is 2.18. The number of hydrogen-bond donors (Lipinski definition) is 2. The number of ether oxygens (including phenoxy) is 1. The van der Waals surface area contributed by atoms with Gasteiger partial charge < -0.3 is 10.1 Å². The van der Waals surface area contributed by atoms with Gasteiger partial charge in [0.15, 0.2) is 5.69 Å². The van der Waals surface area contributed by atoms with Gasteiger partial charge >= 0.3 is 6.61 Å². The first kappa shape index (κ1) is 18.4. The number of rotatable bonds is 6. The van der Waals surface area contributed by atoms with E-state index >= 15 is 0 Å². The zero-order valence-corrected chi connectivity index (χ0v) is 15.0. The highest BCUT2D eigenvalue weighted by Gasteiger charge is 2.21. The predicted octanol–water partition coefficient (Wildman–Crippen LogP) is 4.39. The van der Waals surface area contributed by atoms with Crippen LogP contribution in [0.1, 0.15) is 54.5 Å². The molecule has 0 fully saturated rings. The summed E-state index contributed by atoms with van der Waals surface area (Å²) in [7, 11) is 0. The summed E-state index contributed by atoms with van der Waals surface area (Å²) < 4.78 is 29.6. The first-order chi connectivity index (χ1) is 11.3. The lowest BCUT2D eigenvalue weighted by atomic mass is 10.1. The van der Waals surface area contributed by atoms with Gasteiger partial charge in [-0.1, -0.05) is 26.0 Å². The Hall–Kier alpha value is -1.96. The molecular weight excluding hydrogens is 384 g/mol. The highest BCUT2D eigenvalue weighted by molar-refractivity contribution is 9.10. The van der Waals surface area contributed by atoms with Crippen LogP contribution in [0.3, 0.4) is 0 Å². The minimum atomic E-state index is -2.89. The van der Waals surface area contributed by atoms with Gasteiger partial charge in [0.2, 0.25) is 0 Å². The van der Waals surface area contributed by atoms with Crippen molar-refractivity contribution in [2.75, 3.05) is 0 Å². The van der Waals surface area contributed by atoms with E-state index in [9.17, 15) is 13.6 Å². The summed E-state index contributed by atoms with van der Waals surface area (Å²) in [6.07, 6.45) is 0. The fraction of sp³-hybridized carbons (Fsp3) is 0.375. The van der Waals surface area contributed by atoms with Crippen molar-refractivity contribution in [1.82, 2.24) is 15.5 Å². The Balaban J connectivity index is 2.12. The molecule has 1 unspecified atom stereocenters. The quantitative estimate of drug-likeness (QED) is 0.754. The Labute approximate surface area is 146 Å². The molecule has 0 bridgehead atoms. The monoisotopic (exact) mass is 401 g/mol. The summed E-state index contributed by atoms with van der Waals surface area (Å²) in [5.74, 6) is -0.127. The molecule has 0 saturated carbocycles. The zero-order chi connectivity index (χ0) is 17.9. The molecule has 2 rings (SSSR count). The molecule has 0 aliphatic heterocycles. The van der Waals surface area contributed by atoms with Crippen LogP contribution in [0, 0.1) is 0 Å². The number of aromatic amines is 1. The summed E-state index contributed by atoms with van der Waals surface area (Å²) in [5, 5.41) is 9.66. The van der Waals surface area contributed by atoms with Crippen molar-refractivity contribution in [3.05, 3.63) is 45.7 Å². The highest BCUT2D eigenvalue weighted by Crippen LogP contribution is 2.26. The summed E-state index contributed by atoms with van der Waals surface area (Å²) in [4.78, 5) is 12.4. The standard InChI is InChI=1S/C16H18BrF2N3O2/c1-8(2)13-12(17)14(22-21-13)15(23)20-9(3)10-5-4-6-11(7-10)24-16(18)19/h4-9,16H,1-3H3,(H,20,23)(H,21,22). The van der Waals surface area contributed by atoms with Crippen LogP contribution in [0.15, 0.2) is 28.7 Å². The molecule has 8 heteroatoms. The van der Waals surface area contributed by atoms with E-state index in [2.05, 4.69) is 36.2 Å². The van der Waals surface area contributed by atoms with Gasteiger partial charge in [0.25, 0.3) is 5.91 Å². The van der Waals surface area contributed by atoms with Crippen LogP contribution >= 0.6 is 15.9 Å². The summed E-state index contributed by atoms with van der Waals surface area (Å²) in [6, 6.07) is 5.82. The van der Waals surface area contributed by atoms with Gasteiger partial charge in [0.05, 0.1) is 16.2 Å². The molecular formula is C16H18BrF2N3O2. The number of carbonyl (C=O) groups excluding carboxylic acids is 1. The maximum absolute atomic E-state index is 12.4. The number of aromatic nitrogens is 2. The van der Waals surface area contributed by atoms with Crippen molar-refractivity contribution in [3.8, 4) is 5.75 Å². The average molecular weight is 402 g/mol. The number of nitrogens with one attached hydrogen (secondary N) is 2. The fourth-order valence-corrected chi connectivity index (χ4v) is 3.00. The maximum atomic E-state index is 12.4.